The smallest absolute Gasteiger partial charge is 0.0937 e. The molecule has 1 rings (SSSR count). The first kappa shape index (κ1) is 12.9. The minimum Gasteiger partial charge on any atom is -0.393 e. The van der Waals surface area contributed by atoms with E-state index in [0.717, 1.165) is 25.7 Å². The molecule has 0 radical (unpaired) electrons. The van der Waals surface area contributed by atoms with Crippen molar-refractivity contribution in [3.05, 3.63) is 0 Å². The van der Waals surface area contributed by atoms with Gasteiger partial charge in [0, 0.05) is 6.61 Å². The lowest BCUT2D eigenvalue weighted by Gasteiger charge is -2.42. The van der Waals surface area contributed by atoms with E-state index in [9.17, 15) is 10.2 Å². The Hall–Kier alpha value is -0.120. The van der Waals surface area contributed by atoms with Crippen molar-refractivity contribution in [1.82, 2.24) is 0 Å². The van der Waals surface area contributed by atoms with Crippen molar-refractivity contribution in [2.45, 2.75) is 64.3 Å². The number of hydrogen-bond donors (Lipinski definition) is 2. The summed E-state index contributed by atoms with van der Waals surface area (Å²) in [7, 11) is 0. The maximum atomic E-state index is 9.80. The molecule has 0 amide bonds. The minimum absolute atomic E-state index is 0.237. The van der Waals surface area contributed by atoms with Crippen molar-refractivity contribution >= 4 is 0 Å². The molecule has 0 saturated heterocycles. The molecule has 2 unspecified atom stereocenters. The van der Waals surface area contributed by atoms with Gasteiger partial charge in [-0.1, -0.05) is 0 Å². The van der Waals surface area contributed by atoms with E-state index >= 15 is 0 Å². The van der Waals surface area contributed by atoms with E-state index in [4.69, 9.17) is 4.74 Å². The molecule has 15 heavy (non-hydrogen) atoms. The number of hydrogen-bond acceptors (Lipinski definition) is 3. The van der Waals surface area contributed by atoms with Crippen LogP contribution in [-0.4, -0.2) is 34.6 Å². The average Bonchev–Trinajstić information content (AvgIpc) is 2.18. The first-order chi connectivity index (χ1) is 7.02. The molecule has 0 aliphatic heterocycles. The number of aliphatic hydroxyl groups excluding tert-OH is 2. The Bertz CT molecular complexity index is 181. The highest BCUT2D eigenvalue weighted by Gasteiger charge is 2.40. The van der Waals surface area contributed by atoms with Crippen LogP contribution in [0.4, 0.5) is 0 Å². The number of rotatable bonds is 4. The van der Waals surface area contributed by atoms with Crippen molar-refractivity contribution in [2.24, 2.45) is 5.92 Å². The first-order valence-corrected chi connectivity index (χ1v) is 6.02. The summed E-state index contributed by atoms with van der Waals surface area (Å²) in [4.78, 5) is 0. The lowest BCUT2D eigenvalue weighted by atomic mass is 9.74. The highest BCUT2D eigenvalue weighted by Crippen LogP contribution is 2.38. The molecule has 0 aromatic carbocycles. The summed E-state index contributed by atoms with van der Waals surface area (Å²) in [6, 6.07) is 0. The standard InChI is InChI=1S/C12H24O3/c1-4-15-12(10(3)14)7-5-11(6-8-12)9(2)13/h9-11,13-14H,4-8H2,1-3H3. The summed E-state index contributed by atoms with van der Waals surface area (Å²) in [5.74, 6) is 0.373. The fourth-order valence-electron chi connectivity index (χ4n) is 2.58. The molecular formula is C12H24O3. The zero-order valence-electron chi connectivity index (χ0n) is 10.1. The predicted molar refractivity (Wildman–Crippen MR) is 59.7 cm³/mol. The quantitative estimate of drug-likeness (QED) is 0.752. The van der Waals surface area contributed by atoms with Gasteiger partial charge in [-0.3, -0.25) is 0 Å². The molecule has 1 fully saturated rings. The van der Waals surface area contributed by atoms with Crippen LogP contribution in [0.3, 0.4) is 0 Å². The van der Waals surface area contributed by atoms with E-state index in [1.807, 2.05) is 13.8 Å². The molecule has 1 aliphatic carbocycles. The van der Waals surface area contributed by atoms with Gasteiger partial charge in [0.05, 0.1) is 17.8 Å². The third-order valence-electron chi connectivity index (χ3n) is 3.75. The van der Waals surface area contributed by atoms with Gasteiger partial charge in [-0.25, -0.2) is 0 Å². The molecule has 1 saturated carbocycles. The van der Waals surface area contributed by atoms with Gasteiger partial charge < -0.3 is 14.9 Å². The van der Waals surface area contributed by atoms with Crippen LogP contribution in [-0.2, 0) is 4.74 Å². The van der Waals surface area contributed by atoms with Crippen LogP contribution in [0.1, 0.15) is 46.5 Å². The SMILES string of the molecule is CCOC1(C(C)O)CCC(C(C)O)CC1. The fraction of sp³-hybridized carbons (Fsp3) is 1.00. The third-order valence-corrected chi connectivity index (χ3v) is 3.75. The molecule has 90 valence electrons. The van der Waals surface area contributed by atoms with Gasteiger partial charge in [-0.15, -0.1) is 0 Å². The van der Waals surface area contributed by atoms with Crippen LogP contribution in [0.5, 0.6) is 0 Å². The molecule has 0 aromatic heterocycles. The van der Waals surface area contributed by atoms with Crippen molar-refractivity contribution in [2.75, 3.05) is 6.61 Å². The van der Waals surface area contributed by atoms with E-state index in [1.54, 1.807) is 6.92 Å². The maximum Gasteiger partial charge on any atom is 0.0937 e. The molecule has 2 atom stereocenters. The van der Waals surface area contributed by atoms with E-state index in [0.29, 0.717) is 12.5 Å². The summed E-state index contributed by atoms with van der Waals surface area (Å²) in [6.07, 6.45) is 2.94. The van der Waals surface area contributed by atoms with Crippen LogP contribution in [0.2, 0.25) is 0 Å². The van der Waals surface area contributed by atoms with Gasteiger partial charge >= 0.3 is 0 Å². The Morgan fingerprint density at radius 2 is 1.80 bits per heavy atom. The van der Waals surface area contributed by atoms with Gasteiger partial charge in [0.15, 0.2) is 0 Å². The number of ether oxygens (including phenoxy) is 1. The van der Waals surface area contributed by atoms with Gasteiger partial charge in [0.1, 0.15) is 0 Å². The zero-order valence-corrected chi connectivity index (χ0v) is 10.1. The van der Waals surface area contributed by atoms with Crippen molar-refractivity contribution in [1.29, 1.82) is 0 Å². The van der Waals surface area contributed by atoms with E-state index < -0.39 is 6.10 Å². The summed E-state index contributed by atoms with van der Waals surface area (Å²) in [5.41, 5.74) is -0.361. The largest absolute Gasteiger partial charge is 0.393 e. The molecule has 0 heterocycles. The average molecular weight is 216 g/mol. The highest BCUT2D eigenvalue weighted by atomic mass is 16.5. The van der Waals surface area contributed by atoms with Crippen molar-refractivity contribution < 1.29 is 14.9 Å². The molecule has 3 heteroatoms. The van der Waals surface area contributed by atoms with Gasteiger partial charge in [0.25, 0.3) is 0 Å². The fourth-order valence-corrected chi connectivity index (χ4v) is 2.58. The van der Waals surface area contributed by atoms with Crippen LogP contribution in [0, 0.1) is 5.92 Å². The minimum atomic E-state index is -0.424. The Morgan fingerprint density at radius 1 is 1.27 bits per heavy atom. The van der Waals surface area contributed by atoms with E-state index in [1.165, 1.54) is 0 Å². The Balaban J connectivity index is 2.57. The van der Waals surface area contributed by atoms with E-state index in [2.05, 4.69) is 0 Å². The summed E-state index contributed by atoms with van der Waals surface area (Å²) in [5, 5.41) is 19.3. The second-order valence-corrected chi connectivity index (χ2v) is 4.75. The van der Waals surface area contributed by atoms with Gasteiger partial charge in [-0.2, -0.15) is 0 Å². The lowest BCUT2D eigenvalue weighted by molar-refractivity contribution is -0.143. The Kier molecular flexibility index (Phi) is 4.56. The van der Waals surface area contributed by atoms with Crippen LogP contribution < -0.4 is 0 Å². The molecule has 3 nitrogen and oxygen atoms in total. The van der Waals surface area contributed by atoms with Crippen LogP contribution in [0.15, 0.2) is 0 Å². The summed E-state index contributed by atoms with van der Waals surface area (Å²) in [6.45, 7) is 6.26. The van der Waals surface area contributed by atoms with Crippen molar-refractivity contribution in [3.8, 4) is 0 Å². The molecule has 0 bridgehead atoms. The molecule has 0 aromatic rings. The maximum absolute atomic E-state index is 9.80. The monoisotopic (exact) mass is 216 g/mol. The zero-order chi connectivity index (χ0) is 11.5. The highest BCUT2D eigenvalue weighted by molar-refractivity contribution is 4.92. The van der Waals surface area contributed by atoms with Crippen molar-refractivity contribution in [3.63, 3.8) is 0 Å². The Morgan fingerprint density at radius 3 is 2.13 bits per heavy atom. The first-order valence-electron chi connectivity index (χ1n) is 6.02. The third kappa shape index (κ3) is 2.92. The molecule has 0 spiro atoms. The van der Waals surface area contributed by atoms with Crippen LogP contribution in [0.25, 0.3) is 0 Å². The molecule has 2 N–H and O–H groups in total. The summed E-state index contributed by atoms with van der Waals surface area (Å²) < 4.78 is 5.73. The van der Waals surface area contributed by atoms with Crippen LogP contribution >= 0.6 is 0 Å². The van der Waals surface area contributed by atoms with Gasteiger partial charge in [0.2, 0.25) is 0 Å². The summed E-state index contributed by atoms with van der Waals surface area (Å²) >= 11 is 0. The topological polar surface area (TPSA) is 49.7 Å². The second kappa shape index (κ2) is 5.28. The lowest BCUT2D eigenvalue weighted by Crippen LogP contribution is -2.47. The van der Waals surface area contributed by atoms with E-state index in [-0.39, 0.29) is 11.7 Å². The van der Waals surface area contributed by atoms with Gasteiger partial charge in [-0.05, 0) is 52.4 Å². The predicted octanol–water partition coefficient (Wildman–Crippen LogP) is 1.71. The normalized spacial score (nSPS) is 36.2. The second-order valence-electron chi connectivity index (χ2n) is 4.75. The Labute approximate surface area is 92.4 Å². The molecule has 1 aliphatic rings. The number of aliphatic hydroxyl groups is 2. The molecular weight excluding hydrogens is 192 g/mol.